The highest BCUT2D eigenvalue weighted by molar-refractivity contribution is 6.02. The van der Waals surface area contributed by atoms with Gasteiger partial charge < -0.3 is 15.0 Å². The molecule has 0 aliphatic rings. The van der Waals surface area contributed by atoms with Gasteiger partial charge in [0.05, 0.1) is 0 Å². The number of hydrogen-bond donors (Lipinski definition) is 1. The highest BCUT2D eigenvalue weighted by Crippen LogP contribution is 2.23. The van der Waals surface area contributed by atoms with Crippen molar-refractivity contribution in [2.45, 2.75) is 27.4 Å². The Kier molecular flexibility index (Phi) is 7.88. The molecule has 160 valence electrons. The number of anilines is 2. The van der Waals surface area contributed by atoms with Crippen LogP contribution in [0.4, 0.5) is 11.4 Å². The minimum atomic E-state index is -0.150. The second kappa shape index (κ2) is 11.0. The molecule has 31 heavy (non-hydrogen) atoms. The van der Waals surface area contributed by atoms with Crippen LogP contribution in [0.1, 0.15) is 30.5 Å². The summed E-state index contributed by atoms with van der Waals surface area (Å²) in [6.07, 6.45) is 3.35. The number of carbonyl (C=O) groups is 1. The van der Waals surface area contributed by atoms with E-state index in [1.54, 1.807) is 12.2 Å². The maximum absolute atomic E-state index is 12.4. The molecule has 0 unspecified atom stereocenters. The molecule has 3 rings (SSSR count). The summed E-state index contributed by atoms with van der Waals surface area (Å²) in [4.78, 5) is 14.6. The topological polar surface area (TPSA) is 41.6 Å². The molecule has 0 saturated carbocycles. The zero-order valence-electron chi connectivity index (χ0n) is 18.5. The molecule has 4 nitrogen and oxygen atoms in total. The quantitative estimate of drug-likeness (QED) is 0.432. The summed E-state index contributed by atoms with van der Waals surface area (Å²) < 4.78 is 5.80. The number of hydrogen-bond acceptors (Lipinski definition) is 3. The molecule has 1 amide bonds. The van der Waals surface area contributed by atoms with Crippen LogP contribution in [0.25, 0.3) is 6.08 Å². The summed E-state index contributed by atoms with van der Waals surface area (Å²) in [7, 11) is 0. The molecule has 1 N–H and O–H groups in total. The summed E-state index contributed by atoms with van der Waals surface area (Å²) in [5.74, 6) is 0.650. The third-order valence-corrected chi connectivity index (χ3v) is 5.15. The van der Waals surface area contributed by atoms with Gasteiger partial charge in [-0.3, -0.25) is 4.79 Å². The molecule has 3 aromatic rings. The van der Waals surface area contributed by atoms with Crippen molar-refractivity contribution in [3.63, 3.8) is 0 Å². The van der Waals surface area contributed by atoms with Gasteiger partial charge in [0.25, 0.3) is 0 Å². The smallest absolute Gasteiger partial charge is 0.248 e. The minimum absolute atomic E-state index is 0.150. The van der Waals surface area contributed by atoms with E-state index in [9.17, 15) is 4.79 Å². The monoisotopic (exact) mass is 414 g/mol. The van der Waals surface area contributed by atoms with Crippen molar-refractivity contribution in [1.82, 2.24) is 0 Å². The number of aryl methyl sites for hydroxylation is 1. The third-order valence-electron chi connectivity index (χ3n) is 5.15. The van der Waals surface area contributed by atoms with Crippen molar-refractivity contribution in [3.05, 3.63) is 95.6 Å². The number of nitrogens with one attached hydrogen (secondary N) is 1. The predicted octanol–water partition coefficient (Wildman–Crippen LogP) is 6.07. The van der Waals surface area contributed by atoms with Gasteiger partial charge in [0.2, 0.25) is 5.91 Å². The summed E-state index contributed by atoms with van der Waals surface area (Å²) in [6.45, 7) is 8.74. The van der Waals surface area contributed by atoms with Crippen LogP contribution in [0.2, 0.25) is 0 Å². The highest BCUT2D eigenvalue weighted by atomic mass is 16.5. The maximum atomic E-state index is 12.4. The van der Waals surface area contributed by atoms with Crippen LogP contribution in [-0.4, -0.2) is 19.0 Å². The molecule has 3 aromatic carbocycles. The van der Waals surface area contributed by atoms with E-state index in [2.05, 4.69) is 30.1 Å². The Hall–Kier alpha value is -3.53. The van der Waals surface area contributed by atoms with Crippen LogP contribution in [-0.2, 0) is 11.4 Å². The summed E-state index contributed by atoms with van der Waals surface area (Å²) >= 11 is 0. The number of rotatable bonds is 9. The van der Waals surface area contributed by atoms with Crippen LogP contribution in [0.15, 0.2) is 78.9 Å². The van der Waals surface area contributed by atoms with Crippen LogP contribution in [0.3, 0.4) is 0 Å². The van der Waals surface area contributed by atoms with E-state index >= 15 is 0 Å². The molecule has 0 spiro atoms. The van der Waals surface area contributed by atoms with Crippen LogP contribution in [0.5, 0.6) is 5.75 Å². The van der Waals surface area contributed by atoms with Crippen LogP contribution >= 0.6 is 0 Å². The summed E-state index contributed by atoms with van der Waals surface area (Å²) in [5, 5.41) is 2.96. The Balaban J connectivity index is 1.55. The van der Waals surface area contributed by atoms with E-state index in [1.807, 2.05) is 73.7 Å². The lowest BCUT2D eigenvalue weighted by Crippen LogP contribution is -2.22. The van der Waals surface area contributed by atoms with Crippen LogP contribution in [0, 0.1) is 6.92 Å². The first-order valence-electron chi connectivity index (χ1n) is 10.7. The molecule has 0 radical (unpaired) electrons. The van der Waals surface area contributed by atoms with Crippen molar-refractivity contribution in [1.29, 1.82) is 0 Å². The molecule has 0 aliphatic carbocycles. The largest absolute Gasteiger partial charge is 0.489 e. The third kappa shape index (κ3) is 6.48. The van der Waals surface area contributed by atoms with E-state index in [-0.39, 0.29) is 5.91 Å². The minimum Gasteiger partial charge on any atom is -0.489 e. The average molecular weight is 415 g/mol. The van der Waals surface area contributed by atoms with E-state index in [1.165, 1.54) is 5.69 Å². The van der Waals surface area contributed by atoms with Gasteiger partial charge in [0, 0.05) is 30.5 Å². The fraction of sp³-hybridized carbons (Fsp3) is 0.222. The normalized spacial score (nSPS) is 10.8. The molecule has 0 aliphatic heterocycles. The molecular weight excluding hydrogens is 384 g/mol. The van der Waals surface area contributed by atoms with Gasteiger partial charge in [0.1, 0.15) is 12.4 Å². The van der Waals surface area contributed by atoms with Crippen molar-refractivity contribution in [2.75, 3.05) is 23.3 Å². The molecule has 0 atom stereocenters. The lowest BCUT2D eigenvalue weighted by molar-refractivity contribution is -0.111. The van der Waals surface area contributed by atoms with Gasteiger partial charge in [-0.2, -0.15) is 0 Å². The van der Waals surface area contributed by atoms with Crippen molar-refractivity contribution in [2.24, 2.45) is 0 Å². The van der Waals surface area contributed by atoms with E-state index in [0.717, 1.165) is 41.2 Å². The molecule has 0 heterocycles. The van der Waals surface area contributed by atoms with Gasteiger partial charge in [-0.25, -0.2) is 0 Å². The lowest BCUT2D eigenvalue weighted by Gasteiger charge is -2.22. The first-order chi connectivity index (χ1) is 15.1. The van der Waals surface area contributed by atoms with Gasteiger partial charge >= 0.3 is 0 Å². The van der Waals surface area contributed by atoms with Gasteiger partial charge in [-0.05, 0) is 73.9 Å². The molecule has 4 heteroatoms. The first kappa shape index (κ1) is 22.2. The van der Waals surface area contributed by atoms with Crippen molar-refractivity contribution in [3.8, 4) is 5.75 Å². The Morgan fingerprint density at radius 3 is 2.32 bits per heavy atom. The lowest BCUT2D eigenvalue weighted by atomic mass is 10.1. The van der Waals surface area contributed by atoms with Gasteiger partial charge in [-0.15, -0.1) is 0 Å². The Morgan fingerprint density at radius 1 is 0.968 bits per heavy atom. The SMILES string of the molecule is CCN(CC)c1ccc(NC(=O)/C=C/c2ccc(OCc3ccccc3)cc2)c(C)c1. The Bertz CT molecular complexity index is 1010. The Morgan fingerprint density at radius 2 is 1.68 bits per heavy atom. The number of benzene rings is 3. The second-order valence-electron chi connectivity index (χ2n) is 7.34. The highest BCUT2D eigenvalue weighted by Gasteiger charge is 2.06. The van der Waals surface area contributed by atoms with E-state index < -0.39 is 0 Å². The van der Waals surface area contributed by atoms with Gasteiger partial charge in [-0.1, -0.05) is 42.5 Å². The molecule has 0 fully saturated rings. The predicted molar refractivity (Wildman–Crippen MR) is 130 cm³/mol. The first-order valence-corrected chi connectivity index (χ1v) is 10.7. The average Bonchev–Trinajstić information content (AvgIpc) is 2.80. The standard InChI is InChI=1S/C27H30N2O2/c1-4-29(5-2)24-14-17-26(21(3)19-24)28-27(30)18-13-22-11-15-25(16-12-22)31-20-23-9-7-6-8-10-23/h6-19H,4-5,20H2,1-3H3,(H,28,30)/b18-13+. The number of carbonyl (C=O) groups excluding carboxylic acids is 1. The second-order valence-corrected chi connectivity index (χ2v) is 7.34. The molecule has 0 saturated heterocycles. The summed E-state index contributed by atoms with van der Waals surface area (Å²) in [6, 6.07) is 23.9. The van der Waals surface area contributed by atoms with E-state index in [0.29, 0.717) is 6.61 Å². The van der Waals surface area contributed by atoms with Crippen LogP contribution < -0.4 is 15.0 Å². The fourth-order valence-corrected chi connectivity index (χ4v) is 3.34. The number of amides is 1. The van der Waals surface area contributed by atoms with Crippen molar-refractivity contribution >= 4 is 23.4 Å². The zero-order chi connectivity index (χ0) is 22.1. The molecular formula is C27H30N2O2. The zero-order valence-corrected chi connectivity index (χ0v) is 18.5. The fourth-order valence-electron chi connectivity index (χ4n) is 3.34. The maximum Gasteiger partial charge on any atom is 0.248 e. The number of nitrogens with zero attached hydrogens (tertiary/aromatic N) is 1. The molecule has 0 aromatic heterocycles. The van der Waals surface area contributed by atoms with E-state index in [4.69, 9.17) is 4.74 Å². The van der Waals surface area contributed by atoms with Crippen molar-refractivity contribution < 1.29 is 9.53 Å². The van der Waals surface area contributed by atoms with Gasteiger partial charge in [0.15, 0.2) is 0 Å². The summed E-state index contributed by atoms with van der Waals surface area (Å²) in [5.41, 5.74) is 5.12. The Labute approximate surface area is 185 Å². The number of ether oxygens (including phenoxy) is 1. The molecule has 0 bridgehead atoms.